The van der Waals surface area contributed by atoms with Gasteiger partial charge in [-0.1, -0.05) is 0 Å². The first-order valence-electron chi connectivity index (χ1n) is 7.37. The molecule has 134 valence electrons. The van der Waals surface area contributed by atoms with Crippen molar-refractivity contribution in [1.29, 1.82) is 0 Å². The number of nitrogens with zero attached hydrogens (tertiary/aromatic N) is 2. The van der Waals surface area contributed by atoms with Gasteiger partial charge in [0.2, 0.25) is 9.84 Å². The summed E-state index contributed by atoms with van der Waals surface area (Å²) >= 11 is 0. The third-order valence-corrected chi connectivity index (χ3v) is 5.49. The molecule has 11 heteroatoms. The van der Waals surface area contributed by atoms with E-state index < -0.39 is 31.1 Å². The van der Waals surface area contributed by atoms with Crippen molar-refractivity contribution in [3.05, 3.63) is 45.8 Å². The fraction of sp³-hybridized carbons (Fsp3) is 0.357. The summed E-state index contributed by atoms with van der Waals surface area (Å²) in [6, 6.07) is 2.65. The number of hydrogen-bond acceptors (Lipinski definition) is 6. The molecule has 1 unspecified atom stereocenters. The average molecular weight is 372 g/mol. The third-order valence-electron chi connectivity index (χ3n) is 4.11. The molecule has 0 fully saturated rings. The number of benzene rings is 1. The Balaban J connectivity index is 1.88. The lowest BCUT2D eigenvalue weighted by molar-refractivity contribution is -0.384. The van der Waals surface area contributed by atoms with Crippen LogP contribution >= 0.6 is 0 Å². The number of anilines is 1. The lowest BCUT2D eigenvalue weighted by Crippen LogP contribution is -2.27. The minimum Gasteiger partial charge on any atom is -0.376 e. The Morgan fingerprint density at radius 3 is 2.84 bits per heavy atom. The molecule has 0 saturated carbocycles. The number of nitro benzene ring substituents is 1. The summed E-state index contributed by atoms with van der Waals surface area (Å²) in [5, 5.41) is 21.1. The highest BCUT2D eigenvalue weighted by atomic mass is 32.2. The van der Waals surface area contributed by atoms with E-state index in [1.54, 1.807) is 6.20 Å². The lowest BCUT2D eigenvalue weighted by atomic mass is 9.93. The van der Waals surface area contributed by atoms with Gasteiger partial charge in [0.25, 0.3) is 5.69 Å². The summed E-state index contributed by atoms with van der Waals surface area (Å²) < 4.78 is 48.3. The number of aromatic nitrogens is 2. The molecular weight excluding hydrogens is 358 g/mol. The SMILES string of the molecule is O=[N+]([O-])c1cc(S(=O)(=O)C(F)F)ccc1NC1CCc2[nH]ncc2C1. The monoisotopic (exact) mass is 372 g/mol. The molecule has 8 nitrogen and oxygen atoms in total. The molecule has 3 rings (SSSR count). The summed E-state index contributed by atoms with van der Waals surface area (Å²) in [7, 11) is -4.89. The van der Waals surface area contributed by atoms with Crippen molar-refractivity contribution >= 4 is 21.2 Å². The maximum Gasteiger partial charge on any atom is 0.341 e. The van der Waals surface area contributed by atoms with Crippen LogP contribution in [0.2, 0.25) is 0 Å². The zero-order valence-electron chi connectivity index (χ0n) is 12.8. The predicted octanol–water partition coefficient (Wildman–Crippen LogP) is 2.28. The minimum atomic E-state index is -4.89. The summed E-state index contributed by atoms with van der Waals surface area (Å²) in [6.45, 7) is 0. The van der Waals surface area contributed by atoms with Gasteiger partial charge in [0, 0.05) is 17.8 Å². The lowest BCUT2D eigenvalue weighted by Gasteiger charge is -2.23. The van der Waals surface area contributed by atoms with Gasteiger partial charge in [-0.05, 0) is 37.0 Å². The van der Waals surface area contributed by atoms with Crippen molar-refractivity contribution in [2.24, 2.45) is 0 Å². The van der Waals surface area contributed by atoms with Gasteiger partial charge >= 0.3 is 5.76 Å². The first-order valence-corrected chi connectivity index (χ1v) is 8.92. The van der Waals surface area contributed by atoms with Crippen molar-refractivity contribution in [3.8, 4) is 0 Å². The molecule has 0 bridgehead atoms. The van der Waals surface area contributed by atoms with Gasteiger partial charge in [0.15, 0.2) is 0 Å². The van der Waals surface area contributed by atoms with Crippen LogP contribution < -0.4 is 5.32 Å². The second kappa shape index (κ2) is 6.39. The number of rotatable bonds is 5. The Labute approximate surface area is 141 Å². The van der Waals surface area contributed by atoms with Crippen LogP contribution in [0.3, 0.4) is 0 Å². The summed E-state index contributed by atoms with van der Waals surface area (Å²) in [4.78, 5) is 9.67. The van der Waals surface area contributed by atoms with Crippen molar-refractivity contribution in [2.75, 3.05) is 5.32 Å². The van der Waals surface area contributed by atoms with Crippen molar-refractivity contribution in [1.82, 2.24) is 10.2 Å². The van der Waals surface area contributed by atoms with Gasteiger partial charge in [-0.2, -0.15) is 13.9 Å². The Hall–Kier alpha value is -2.56. The number of hydrogen-bond donors (Lipinski definition) is 2. The van der Waals surface area contributed by atoms with Gasteiger partial charge < -0.3 is 5.32 Å². The van der Waals surface area contributed by atoms with Gasteiger partial charge in [-0.15, -0.1) is 0 Å². The van der Waals surface area contributed by atoms with Gasteiger partial charge in [0.05, 0.1) is 16.0 Å². The molecule has 1 aliphatic carbocycles. The molecule has 1 heterocycles. The van der Waals surface area contributed by atoms with E-state index in [0.29, 0.717) is 18.9 Å². The first kappa shape index (κ1) is 17.3. The van der Waals surface area contributed by atoms with Crippen molar-refractivity contribution in [3.63, 3.8) is 0 Å². The topological polar surface area (TPSA) is 118 Å². The second-order valence-corrected chi connectivity index (χ2v) is 7.62. The Morgan fingerprint density at radius 2 is 2.16 bits per heavy atom. The fourth-order valence-corrected chi connectivity index (χ4v) is 3.56. The predicted molar refractivity (Wildman–Crippen MR) is 84.3 cm³/mol. The van der Waals surface area contributed by atoms with E-state index in [9.17, 15) is 27.3 Å². The van der Waals surface area contributed by atoms with Crippen LogP contribution in [0.5, 0.6) is 0 Å². The number of nitro groups is 1. The Kier molecular flexibility index (Phi) is 4.41. The fourth-order valence-electron chi connectivity index (χ4n) is 2.82. The van der Waals surface area contributed by atoms with Gasteiger partial charge in [-0.3, -0.25) is 15.2 Å². The number of sulfone groups is 1. The number of H-pyrrole nitrogens is 1. The Morgan fingerprint density at radius 1 is 1.40 bits per heavy atom. The van der Waals surface area contributed by atoms with E-state index in [1.165, 1.54) is 0 Å². The van der Waals surface area contributed by atoms with Crippen LogP contribution in [0.4, 0.5) is 20.2 Å². The highest BCUT2D eigenvalue weighted by Gasteiger charge is 2.30. The van der Waals surface area contributed by atoms with Crippen LogP contribution in [-0.4, -0.2) is 35.3 Å². The number of alkyl halides is 2. The van der Waals surface area contributed by atoms with E-state index in [0.717, 1.165) is 29.8 Å². The standard InChI is InChI=1S/C14H14F2N4O4S/c15-14(16)25(23,24)10-2-4-12(13(6-10)20(21)22)18-9-1-3-11-8(5-9)7-17-19-11/h2,4,6-7,9,14,18H,1,3,5H2,(H,17,19). The molecule has 1 aliphatic rings. The average Bonchev–Trinajstić information content (AvgIpc) is 3.02. The van der Waals surface area contributed by atoms with Crippen LogP contribution in [0, 0.1) is 10.1 Å². The number of fused-ring (bicyclic) bond motifs is 1. The molecule has 2 aromatic rings. The van der Waals surface area contributed by atoms with E-state index in [4.69, 9.17) is 0 Å². The van der Waals surface area contributed by atoms with Gasteiger partial charge in [-0.25, -0.2) is 8.42 Å². The summed E-state index contributed by atoms with van der Waals surface area (Å²) in [5.74, 6) is -3.64. The molecule has 0 spiro atoms. The molecule has 1 atom stereocenters. The van der Waals surface area contributed by atoms with E-state index in [2.05, 4.69) is 15.5 Å². The molecule has 0 radical (unpaired) electrons. The molecule has 0 aliphatic heterocycles. The number of aryl methyl sites for hydroxylation is 1. The van der Waals surface area contributed by atoms with Crippen LogP contribution in [0.1, 0.15) is 17.7 Å². The smallest absolute Gasteiger partial charge is 0.341 e. The van der Waals surface area contributed by atoms with Crippen LogP contribution in [-0.2, 0) is 22.7 Å². The quantitative estimate of drug-likeness (QED) is 0.614. The molecular formula is C14H14F2N4O4S. The maximum absolute atomic E-state index is 12.6. The third kappa shape index (κ3) is 3.31. The van der Waals surface area contributed by atoms with E-state index in [-0.39, 0.29) is 11.7 Å². The van der Waals surface area contributed by atoms with E-state index >= 15 is 0 Å². The second-order valence-electron chi connectivity index (χ2n) is 5.70. The summed E-state index contributed by atoms with van der Waals surface area (Å²) in [6.07, 6.45) is 3.71. The molecule has 1 aromatic heterocycles. The molecule has 0 amide bonds. The number of nitrogens with one attached hydrogen (secondary N) is 2. The minimum absolute atomic E-state index is 0.0927. The van der Waals surface area contributed by atoms with Crippen molar-refractivity contribution in [2.45, 2.75) is 36.0 Å². The first-order chi connectivity index (χ1) is 11.8. The zero-order valence-corrected chi connectivity index (χ0v) is 13.6. The highest BCUT2D eigenvalue weighted by molar-refractivity contribution is 7.91. The van der Waals surface area contributed by atoms with Crippen LogP contribution in [0.25, 0.3) is 0 Å². The normalized spacial score (nSPS) is 17.3. The maximum atomic E-state index is 12.6. The number of aromatic amines is 1. The van der Waals surface area contributed by atoms with Crippen LogP contribution in [0.15, 0.2) is 29.3 Å². The zero-order chi connectivity index (χ0) is 18.2. The molecule has 2 N–H and O–H groups in total. The van der Waals surface area contributed by atoms with Gasteiger partial charge in [0.1, 0.15) is 5.69 Å². The van der Waals surface area contributed by atoms with E-state index in [1.807, 2.05) is 0 Å². The Bertz CT molecular complexity index is 913. The molecule has 0 saturated heterocycles. The highest BCUT2D eigenvalue weighted by Crippen LogP contribution is 2.31. The number of halogens is 2. The van der Waals surface area contributed by atoms with Crippen molar-refractivity contribution < 1.29 is 22.1 Å². The molecule has 25 heavy (non-hydrogen) atoms. The molecule has 1 aromatic carbocycles. The largest absolute Gasteiger partial charge is 0.376 e. The summed E-state index contributed by atoms with van der Waals surface area (Å²) in [5.41, 5.74) is 1.56.